The first-order chi connectivity index (χ1) is 10.6. The van der Waals surface area contributed by atoms with Gasteiger partial charge >= 0.3 is 0 Å². The van der Waals surface area contributed by atoms with Crippen LogP contribution in [0.15, 0.2) is 34.9 Å². The van der Waals surface area contributed by atoms with Crippen LogP contribution in [0.25, 0.3) is 0 Å². The third-order valence-corrected chi connectivity index (χ3v) is 3.72. The van der Waals surface area contributed by atoms with E-state index < -0.39 is 0 Å². The quantitative estimate of drug-likeness (QED) is 0.850. The summed E-state index contributed by atoms with van der Waals surface area (Å²) in [6, 6.07) is 7.11. The summed E-state index contributed by atoms with van der Waals surface area (Å²) in [5, 5.41) is 2.87. The van der Waals surface area contributed by atoms with E-state index in [1.54, 1.807) is 12.1 Å². The third-order valence-electron chi connectivity index (χ3n) is 3.72. The number of benzene rings is 1. The zero-order valence-corrected chi connectivity index (χ0v) is 12.5. The highest BCUT2D eigenvalue weighted by Gasteiger charge is 2.17. The van der Waals surface area contributed by atoms with Crippen LogP contribution in [0, 0.1) is 6.92 Å². The summed E-state index contributed by atoms with van der Waals surface area (Å²) in [7, 11) is 0. The minimum absolute atomic E-state index is 0.272. The van der Waals surface area contributed by atoms with Crippen molar-refractivity contribution in [3.05, 3.63) is 41.9 Å². The molecule has 1 saturated heterocycles. The summed E-state index contributed by atoms with van der Waals surface area (Å²) in [5.74, 6) is 0.00921. The number of aryl methyl sites for hydroxylation is 1. The van der Waals surface area contributed by atoms with Crippen molar-refractivity contribution in [1.82, 2.24) is 0 Å². The first-order valence-electron chi connectivity index (χ1n) is 7.23. The first-order valence-corrected chi connectivity index (χ1v) is 7.23. The fourth-order valence-electron chi connectivity index (χ4n) is 2.52. The Morgan fingerprint density at radius 2 is 2.09 bits per heavy atom. The van der Waals surface area contributed by atoms with E-state index in [-0.39, 0.29) is 11.7 Å². The van der Waals surface area contributed by atoms with E-state index in [0.29, 0.717) is 18.9 Å². The van der Waals surface area contributed by atoms with Crippen molar-refractivity contribution >= 4 is 23.0 Å². The molecule has 0 unspecified atom stereocenters. The van der Waals surface area contributed by atoms with Gasteiger partial charge in [0.05, 0.1) is 30.9 Å². The monoisotopic (exact) mass is 301 g/mol. The van der Waals surface area contributed by atoms with Gasteiger partial charge in [-0.3, -0.25) is 4.79 Å². The molecule has 0 bridgehead atoms. The molecule has 1 aromatic heterocycles. The maximum Gasteiger partial charge on any atom is 0.291 e. The molecule has 2 heterocycles. The van der Waals surface area contributed by atoms with E-state index in [2.05, 4.69) is 10.2 Å². The molecule has 6 heteroatoms. The van der Waals surface area contributed by atoms with E-state index >= 15 is 0 Å². The molecule has 22 heavy (non-hydrogen) atoms. The highest BCUT2D eigenvalue weighted by atomic mass is 16.5. The van der Waals surface area contributed by atoms with Gasteiger partial charge < -0.3 is 25.1 Å². The second-order valence-electron chi connectivity index (χ2n) is 5.26. The Labute approximate surface area is 128 Å². The van der Waals surface area contributed by atoms with Gasteiger partial charge in [0.1, 0.15) is 0 Å². The lowest BCUT2D eigenvalue weighted by Crippen LogP contribution is -2.36. The molecular weight excluding hydrogens is 282 g/mol. The zero-order valence-electron chi connectivity index (χ0n) is 12.5. The summed E-state index contributed by atoms with van der Waals surface area (Å²) < 4.78 is 10.5. The molecule has 3 N–H and O–H groups in total. The number of rotatable bonds is 3. The number of carbonyl (C=O) groups excluding carboxylic acids is 1. The van der Waals surface area contributed by atoms with Gasteiger partial charge in [-0.1, -0.05) is 0 Å². The van der Waals surface area contributed by atoms with Crippen LogP contribution in [0.2, 0.25) is 0 Å². The molecule has 1 aromatic carbocycles. The van der Waals surface area contributed by atoms with Crippen molar-refractivity contribution in [3.63, 3.8) is 0 Å². The summed E-state index contributed by atoms with van der Waals surface area (Å²) in [5.41, 5.74) is 9.40. The molecule has 116 valence electrons. The fourth-order valence-corrected chi connectivity index (χ4v) is 2.52. The largest absolute Gasteiger partial charge is 0.459 e. The summed E-state index contributed by atoms with van der Waals surface area (Å²) in [6.45, 7) is 4.86. The van der Waals surface area contributed by atoms with E-state index in [9.17, 15) is 4.79 Å². The standard InChI is InChI=1S/C16H19N3O3/c1-11-9-12(17)14(19-4-7-21-8-5-19)10-13(11)18-16(20)15-3-2-6-22-15/h2-3,6,9-10H,4-5,7-8,17H2,1H3,(H,18,20). The smallest absolute Gasteiger partial charge is 0.291 e. The number of nitrogens with one attached hydrogen (secondary N) is 1. The van der Waals surface area contributed by atoms with E-state index in [4.69, 9.17) is 14.9 Å². The van der Waals surface area contributed by atoms with Crippen LogP contribution in [0.5, 0.6) is 0 Å². The lowest BCUT2D eigenvalue weighted by atomic mass is 10.1. The molecule has 0 radical (unpaired) electrons. The number of nitrogen functional groups attached to an aromatic ring is 1. The number of nitrogens with two attached hydrogens (primary N) is 1. The van der Waals surface area contributed by atoms with Crippen molar-refractivity contribution in [2.45, 2.75) is 6.92 Å². The molecule has 0 spiro atoms. The molecule has 1 aliphatic rings. The minimum atomic E-state index is -0.272. The van der Waals surface area contributed by atoms with Gasteiger partial charge in [0.25, 0.3) is 5.91 Å². The maximum atomic E-state index is 12.1. The summed E-state index contributed by atoms with van der Waals surface area (Å²) in [4.78, 5) is 14.3. The second kappa shape index (κ2) is 6.11. The number of nitrogens with zero attached hydrogens (tertiary/aromatic N) is 1. The van der Waals surface area contributed by atoms with E-state index in [1.807, 2.05) is 19.1 Å². The van der Waals surface area contributed by atoms with Crippen LogP contribution in [-0.2, 0) is 4.74 Å². The summed E-state index contributed by atoms with van der Waals surface area (Å²) >= 11 is 0. The molecule has 0 aliphatic carbocycles. The number of furan rings is 1. The van der Waals surface area contributed by atoms with Gasteiger partial charge in [-0.05, 0) is 36.8 Å². The highest BCUT2D eigenvalue weighted by molar-refractivity contribution is 6.03. The average Bonchev–Trinajstić information content (AvgIpc) is 3.05. The van der Waals surface area contributed by atoms with Gasteiger partial charge in [-0.25, -0.2) is 0 Å². The van der Waals surface area contributed by atoms with Gasteiger partial charge in [0, 0.05) is 18.8 Å². The minimum Gasteiger partial charge on any atom is -0.459 e. The van der Waals surface area contributed by atoms with Crippen LogP contribution in [-0.4, -0.2) is 32.2 Å². The lowest BCUT2D eigenvalue weighted by molar-refractivity contribution is 0.0996. The number of ether oxygens (including phenoxy) is 1. The van der Waals surface area contributed by atoms with Crippen LogP contribution in [0.1, 0.15) is 16.1 Å². The highest BCUT2D eigenvalue weighted by Crippen LogP contribution is 2.31. The second-order valence-corrected chi connectivity index (χ2v) is 5.26. The molecule has 1 fully saturated rings. The molecular formula is C16H19N3O3. The third kappa shape index (κ3) is 2.92. The molecule has 1 aliphatic heterocycles. The van der Waals surface area contributed by atoms with Gasteiger partial charge in [-0.15, -0.1) is 0 Å². The Balaban J connectivity index is 1.86. The van der Waals surface area contributed by atoms with Crippen LogP contribution >= 0.6 is 0 Å². The molecule has 3 rings (SSSR count). The lowest BCUT2D eigenvalue weighted by Gasteiger charge is -2.30. The predicted molar refractivity (Wildman–Crippen MR) is 85.3 cm³/mol. The number of amides is 1. The number of hydrogen-bond acceptors (Lipinski definition) is 5. The Morgan fingerprint density at radius 1 is 1.32 bits per heavy atom. The Kier molecular flexibility index (Phi) is 4.02. The zero-order chi connectivity index (χ0) is 15.5. The van der Waals surface area contributed by atoms with Crippen molar-refractivity contribution in [2.75, 3.05) is 42.3 Å². The van der Waals surface area contributed by atoms with Gasteiger partial charge in [-0.2, -0.15) is 0 Å². The van der Waals surface area contributed by atoms with Crippen LogP contribution in [0.4, 0.5) is 17.1 Å². The van der Waals surface area contributed by atoms with Crippen molar-refractivity contribution in [2.24, 2.45) is 0 Å². The van der Waals surface area contributed by atoms with Crippen molar-refractivity contribution in [3.8, 4) is 0 Å². The van der Waals surface area contributed by atoms with Gasteiger partial charge in [0.15, 0.2) is 5.76 Å². The molecule has 0 atom stereocenters. The van der Waals surface area contributed by atoms with E-state index in [0.717, 1.165) is 30.0 Å². The predicted octanol–water partition coefficient (Wildman–Crippen LogP) is 2.26. The van der Waals surface area contributed by atoms with Crippen molar-refractivity contribution in [1.29, 1.82) is 0 Å². The van der Waals surface area contributed by atoms with Crippen molar-refractivity contribution < 1.29 is 13.9 Å². The topological polar surface area (TPSA) is 80.7 Å². The molecule has 1 amide bonds. The number of morpholine rings is 1. The number of carbonyl (C=O) groups is 1. The normalized spacial score (nSPS) is 14.9. The molecule has 6 nitrogen and oxygen atoms in total. The average molecular weight is 301 g/mol. The maximum absolute atomic E-state index is 12.1. The summed E-state index contributed by atoms with van der Waals surface area (Å²) in [6.07, 6.45) is 1.48. The van der Waals surface area contributed by atoms with Crippen LogP contribution in [0.3, 0.4) is 0 Å². The number of hydrogen-bond donors (Lipinski definition) is 2. The Morgan fingerprint density at radius 3 is 2.77 bits per heavy atom. The number of anilines is 3. The molecule has 2 aromatic rings. The van der Waals surface area contributed by atoms with Crippen LogP contribution < -0.4 is 16.0 Å². The SMILES string of the molecule is Cc1cc(N)c(N2CCOCC2)cc1NC(=O)c1ccco1. The van der Waals surface area contributed by atoms with E-state index in [1.165, 1.54) is 6.26 Å². The van der Waals surface area contributed by atoms with Gasteiger partial charge in [0.2, 0.25) is 0 Å². The first kappa shape index (κ1) is 14.5. The Bertz CT molecular complexity index is 662. The Hall–Kier alpha value is -2.47. The molecule has 0 saturated carbocycles. The fraction of sp³-hybridized carbons (Fsp3) is 0.312.